The number of anilines is 2. The highest BCUT2D eigenvalue weighted by Crippen LogP contribution is 2.25. The molecule has 11 heteroatoms. The largest absolute Gasteiger partial charge is 0.471 e. The van der Waals surface area contributed by atoms with Crippen LogP contribution in [0.4, 0.5) is 15.8 Å². The average Bonchev–Trinajstić information content (AvgIpc) is 3.35. The number of thiocarbonyl (C=S) groups is 1. The third-order valence-corrected chi connectivity index (χ3v) is 6.14. The Morgan fingerprint density at radius 1 is 1.18 bits per heavy atom. The third kappa shape index (κ3) is 5.75. The van der Waals surface area contributed by atoms with Crippen molar-refractivity contribution in [3.8, 4) is 5.75 Å². The molecule has 4 aromatic rings. The van der Waals surface area contributed by atoms with Crippen LogP contribution in [0.2, 0.25) is 5.02 Å². The number of hydrogen-bond acceptors (Lipinski definition) is 4. The zero-order chi connectivity index (χ0) is 24.2. The average molecular weight is 564 g/mol. The summed E-state index contributed by atoms with van der Waals surface area (Å²) in [6.07, 6.45) is 3.44. The minimum atomic E-state index is -0.368. The van der Waals surface area contributed by atoms with Gasteiger partial charge in [-0.2, -0.15) is 10.2 Å². The van der Waals surface area contributed by atoms with E-state index in [0.717, 1.165) is 27.3 Å². The first-order valence-electron chi connectivity index (χ1n) is 10.3. The van der Waals surface area contributed by atoms with Crippen molar-refractivity contribution < 1.29 is 9.13 Å². The summed E-state index contributed by atoms with van der Waals surface area (Å²) in [6.45, 7) is 4.21. The molecule has 2 heterocycles. The van der Waals surface area contributed by atoms with E-state index in [4.69, 9.17) is 28.6 Å². The lowest BCUT2D eigenvalue weighted by Crippen LogP contribution is -2.19. The van der Waals surface area contributed by atoms with Crippen molar-refractivity contribution in [3.63, 3.8) is 0 Å². The van der Waals surface area contributed by atoms with E-state index in [9.17, 15) is 4.39 Å². The van der Waals surface area contributed by atoms with Gasteiger partial charge in [0.15, 0.2) is 11.8 Å². The fourth-order valence-corrected chi connectivity index (χ4v) is 4.02. The third-order valence-electron chi connectivity index (χ3n) is 5.06. The number of ether oxygens (including phenoxy) is 1. The van der Waals surface area contributed by atoms with Gasteiger partial charge >= 0.3 is 0 Å². The Morgan fingerprint density at radius 3 is 2.68 bits per heavy atom. The predicted molar refractivity (Wildman–Crippen MR) is 139 cm³/mol. The van der Waals surface area contributed by atoms with Crippen LogP contribution in [-0.4, -0.2) is 24.7 Å². The van der Waals surface area contributed by atoms with E-state index in [-0.39, 0.29) is 19.1 Å². The second-order valence-corrected chi connectivity index (χ2v) is 9.21. The van der Waals surface area contributed by atoms with Gasteiger partial charge in [-0.3, -0.25) is 4.68 Å². The maximum Gasteiger partial charge on any atom is 0.180 e. The fraction of sp³-hybridized carbons (Fsp3) is 0.174. The van der Waals surface area contributed by atoms with Gasteiger partial charge in [-0.15, -0.1) is 0 Å². The van der Waals surface area contributed by atoms with Crippen molar-refractivity contribution in [2.75, 3.05) is 10.6 Å². The molecule has 0 unspecified atom stereocenters. The molecule has 0 saturated heterocycles. The molecular formula is C23H21BrClFN6OS. The molecule has 0 fully saturated rings. The quantitative estimate of drug-likeness (QED) is 0.263. The van der Waals surface area contributed by atoms with Crippen molar-refractivity contribution in [3.05, 3.63) is 87.1 Å². The molecule has 0 atom stereocenters. The highest BCUT2D eigenvalue weighted by molar-refractivity contribution is 9.10. The molecule has 2 aromatic heterocycles. The molecular weight excluding hydrogens is 543 g/mol. The maximum absolute atomic E-state index is 14.2. The van der Waals surface area contributed by atoms with Crippen molar-refractivity contribution in [1.29, 1.82) is 0 Å². The van der Waals surface area contributed by atoms with Crippen LogP contribution in [0.1, 0.15) is 17.0 Å². The number of nitrogens with zero attached hydrogens (tertiary/aromatic N) is 4. The lowest BCUT2D eigenvalue weighted by Gasteiger charge is -2.11. The van der Waals surface area contributed by atoms with E-state index in [1.165, 1.54) is 6.07 Å². The number of nitrogens with one attached hydrogen (secondary N) is 2. The molecule has 0 amide bonds. The first-order chi connectivity index (χ1) is 16.3. The topological polar surface area (TPSA) is 68.9 Å². The highest BCUT2D eigenvalue weighted by Gasteiger charge is 2.16. The summed E-state index contributed by atoms with van der Waals surface area (Å²) in [4.78, 5) is 0. The SMILES string of the molecule is Cc1nn(Cc2c(F)cccc2Cl)c(C)c1NC(=S)Nc1cnn(COc2ccc(Br)cc2)c1. The van der Waals surface area contributed by atoms with Gasteiger partial charge in [0, 0.05) is 15.1 Å². The molecule has 0 bridgehead atoms. The molecule has 0 saturated carbocycles. The van der Waals surface area contributed by atoms with E-state index in [2.05, 4.69) is 36.8 Å². The van der Waals surface area contributed by atoms with Gasteiger partial charge in [-0.1, -0.05) is 33.6 Å². The standard InChI is InChI=1S/C23H21BrClFN6OS/c1-14-22(15(2)32(30-14)12-19-20(25)4-3-5-21(19)26)29-23(34)28-17-10-27-31(11-17)13-33-18-8-6-16(24)7-9-18/h3-11H,12-13H2,1-2H3,(H2,28,29,34). The summed E-state index contributed by atoms with van der Waals surface area (Å²) in [5, 5.41) is 15.8. The Labute approximate surface area is 215 Å². The summed E-state index contributed by atoms with van der Waals surface area (Å²) in [6, 6.07) is 12.2. The smallest absolute Gasteiger partial charge is 0.180 e. The molecule has 0 spiro atoms. The van der Waals surface area contributed by atoms with Crippen molar-refractivity contribution in [1.82, 2.24) is 19.6 Å². The molecule has 0 aliphatic rings. The lowest BCUT2D eigenvalue weighted by molar-refractivity contribution is 0.221. The zero-order valence-electron chi connectivity index (χ0n) is 18.3. The van der Waals surface area contributed by atoms with Crippen LogP contribution in [0.15, 0.2) is 59.3 Å². The lowest BCUT2D eigenvalue weighted by atomic mass is 10.2. The normalized spacial score (nSPS) is 10.9. The summed E-state index contributed by atoms with van der Waals surface area (Å²) < 4.78 is 24.3. The van der Waals surface area contributed by atoms with Gasteiger partial charge in [0.05, 0.1) is 41.7 Å². The van der Waals surface area contributed by atoms with Crippen LogP contribution in [0.25, 0.3) is 0 Å². The van der Waals surface area contributed by atoms with Crippen molar-refractivity contribution in [2.24, 2.45) is 0 Å². The molecule has 2 aromatic carbocycles. The second-order valence-electron chi connectivity index (χ2n) is 7.48. The van der Waals surface area contributed by atoms with Crippen LogP contribution < -0.4 is 15.4 Å². The first-order valence-corrected chi connectivity index (χ1v) is 11.8. The Morgan fingerprint density at radius 2 is 1.94 bits per heavy atom. The minimum Gasteiger partial charge on any atom is -0.471 e. The van der Waals surface area contributed by atoms with Crippen LogP contribution in [0, 0.1) is 19.7 Å². The number of aromatic nitrogens is 4. The minimum absolute atomic E-state index is 0.213. The summed E-state index contributed by atoms with van der Waals surface area (Å²) in [5.74, 6) is 0.373. The van der Waals surface area contributed by atoms with Gasteiger partial charge in [0.25, 0.3) is 0 Å². The van der Waals surface area contributed by atoms with E-state index >= 15 is 0 Å². The number of aryl methyl sites for hydroxylation is 1. The van der Waals surface area contributed by atoms with Crippen molar-refractivity contribution in [2.45, 2.75) is 27.1 Å². The number of benzene rings is 2. The fourth-order valence-electron chi connectivity index (χ4n) is 3.31. The van der Waals surface area contributed by atoms with Crippen LogP contribution in [0.5, 0.6) is 5.75 Å². The molecule has 0 aliphatic heterocycles. The van der Waals surface area contributed by atoms with Gasteiger partial charge in [-0.25, -0.2) is 9.07 Å². The Balaban J connectivity index is 1.37. The van der Waals surface area contributed by atoms with E-state index < -0.39 is 0 Å². The van der Waals surface area contributed by atoms with Gasteiger partial charge < -0.3 is 15.4 Å². The zero-order valence-corrected chi connectivity index (χ0v) is 21.5. The number of halogens is 3. The summed E-state index contributed by atoms with van der Waals surface area (Å²) in [7, 11) is 0. The molecule has 176 valence electrons. The highest BCUT2D eigenvalue weighted by atomic mass is 79.9. The predicted octanol–water partition coefficient (Wildman–Crippen LogP) is 6.15. The second kappa shape index (κ2) is 10.5. The maximum atomic E-state index is 14.2. The molecule has 2 N–H and O–H groups in total. The molecule has 34 heavy (non-hydrogen) atoms. The molecule has 0 aliphatic carbocycles. The summed E-state index contributed by atoms with van der Waals surface area (Å²) >= 11 is 15.0. The number of hydrogen-bond donors (Lipinski definition) is 2. The van der Waals surface area contributed by atoms with Crippen molar-refractivity contribution >= 4 is 56.2 Å². The van der Waals surface area contributed by atoms with E-state index in [1.807, 2.05) is 38.1 Å². The van der Waals surface area contributed by atoms with Crippen LogP contribution >= 0.6 is 39.7 Å². The molecule has 0 radical (unpaired) electrons. The Hall–Kier alpha value is -2.95. The molecule has 7 nitrogen and oxygen atoms in total. The monoisotopic (exact) mass is 562 g/mol. The summed E-state index contributed by atoms with van der Waals surface area (Å²) in [5.41, 5.74) is 3.38. The van der Waals surface area contributed by atoms with E-state index in [0.29, 0.717) is 21.4 Å². The van der Waals surface area contributed by atoms with Gasteiger partial charge in [-0.05, 0) is 62.5 Å². The van der Waals surface area contributed by atoms with Crippen LogP contribution in [0.3, 0.4) is 0 Å². The number of rotatable bonds is 7. The van der Waals surface area contributed by atoms with E-state index in [1.54, 1.807) is 33.9 Å². The Bertz CT molecular complexity index is 1300. The van der Waals surface area contributed by atoms with Gasteiger partial charge in [0.1, 0.15) is 11.6 Å². The van der Waals surface area contributed by atoms with Crippen LogP contribution in [-0.2, 0) is 13.3 Å². The van der Waals surface area contributed by atoms with Gasteiger partial charge in [0.2, 0.25) is 0 Å². The first kappa shape index (κ1) is 24.2. The Kier molecular flexibility index (Phi) is 7.50. The molecule has 4 rings (SSSR count).